The Labute approximate surface area is 86.2 Å². The number of para-hydroxylation sites is 1. The van der Waals surface area contributed by atoms with Gasteiger partial charge in [-0.1, -0.05) is 18.2 Å². The van der Waals surface area contributed by atoms with Gasteiger partial charge in [-0.15, -0.1) is 0 Å². The fourth-order valence-electron chi connectivity index (χ4n) is 1.43. The van der Waals surface area contributed by atoms with Crippen molar-refractivity contribution in [3.63, 3.8) is 0 Å². The van der Waals surface area contributed by atoms with Gasteiger partial charge in [0.15, 0.2) is 0 Å². The molecule has 0 atom stereocenters. The Bertz CT molecular complexity index is 514. The minimum absolute atomic E-state index is 0.541. The van der Waals surface area contributed by atoms with Gasteiger partial charge >= 0.3 is 0 Å². The lowest BCUT2D eigenvalue weighted by Crippen LogP contribution is -2.14. The molecule has 0 radical (unpaired) electrons. The quantitative estimate of drug-likeness (QED) is 0.394. The second kappa shape index (κ2) is 3.98. The highest BCUT2D eigenvalue weighted by Crippen LogP contribution is 2.18. The molecule has 1 heterocycles. The Kier molecular flexibility index (Phi) is 2.51. The van der Waals surface area contributed by atoms with Crippen molar-refractivity contribution in [1.82, 2.24) is 10.5 Å². The standard InChI is InChI=1S/C11H10N2O2/c14-11(13-15)6-5-8-7-12-10-4-2-1-3-9(8)10/h1-7,12,15H,(H,13,14)/b6-5+. The van der Waals surface area contributed by atoms with Gasteiger partial charge in [0.1, 0.15) is 0 Å². The fourth-order valence-corrected chi connectivity index (χ4v) is 1.43. The molecule has 0 aliphatic rings. The van der Waals surface area contributed by atoms with E-state index < -0.39 is 5.91 Å². The number of fused-ring (bicyclic) bond motifs is 1. The number of hydrogen-bond acceptors (Lipinski definition) is 2. The molecular formula is C11H10N2O2. The van der Waals surface area contributed by atoms with E-state index in [4.69, 9.17) is 5.21 Å². The minimum Gasteiger partial charge on any atom is -0.361 e. The summed E-state index contributed by atoms with van der Waals surface area (Å²) in [6.07, 6.45) is 4.73. The third-order valence-corrected chi connectivity index (χ3v) is 2.15. The van der Waals surface area contributed by atoms with Crippen LogP contribution in [0.1, 0.15) is 5.56 Å². The topological polar surface area (TPSA) is 65.1 Å². The number of aromatic amines is 1. The summed E-state index contributed by atoms with van der Waals surface area (Å²) in [6.45, 7) is 0. The first kappa shape index (κ1) is 9.48. The molecule has 15 heavy (non-hydrogen) atoms. The molecule has 3 N–H and O–H groups in total. The van der Waals surface area contributed by atoms with E-state index in [-0.39, 0.29) is 0 Å². The summed E-state index contributed by atoms with van der Waals surface area (Å²) in [7, 11) is 0. The Morgan fingerprint density at radius 3 is 3.00 bits per heavy atom. The molecule has 1 aromatic heterocycles. The SMILES string of the molecule is O=C(/C=C/c1c[nH]c2ccccc12)NO. The normalized spacial score (nSPS) is 11.0. The summed E-state index contributed by atoms with van der Waals surface area (Å²) in [5.41, 5.74) is 3.47. The maximum absolute atomic E-state index is 10.8. The number of benzene rings is 1. The zero-order valence-electron chi connectivity index (χ0n) is 7.90. The predicted octanol–water partition coefficient (Wildman–Crippen LogP) is 1.69. The van der Waals surface area contributed by atoms with E-state index in [1.807, 2.05) is 30.5 Å². The van der Waals surface area contributed by atoms with E-state index in [1.165, 1.54) is 11.6 Å². The lowest BCUT2D eigenvalue weighted by atomic mass is 10.1. The van der Waals surface area contributed by atoms with Crippen molar-refractivity contribution in [2.75, 3.05) is 0 Å². The summed E-state index contributed by atoms with van der Waals surface area (Å²) in [5, 5.41) is 9.36. The second-order valence-corrected chi connectivity index (χ2v) is 3.10. The number of carbonyl (C=O) groups excluding carboxylic acids is 1. The van der Waals surface area contributed by atoms with Crippen LogP contribution in [0.5, 0.6) is 0 Å². The van der Waals surface area contributed by atoms with Crippen LogP contribution in [-0.2, 0) is 4.79 Å². The molecule has 0 saturated heterocycles. The van der Waals surface area contributed by atoms with E-state index in [0.29, 0.717) is 0 Å². The molecule has 1 amide bonds. The first-order valence-electron chi connectivity index (χ1n) is 4.49. The van der Waals surface area contributed by atoms with Crippen LogP contribution in [0.25, 0.3) is 17.0 Å². The monoisotopic (exact) mass is 202 g/mol. The Balaban J connectivity index is 2.36. The number of carbonyl (C=O) groups is 1. The summed E-state index contributed by atoms with van der Waals surface area (Å²) < 4.78 is 0. The molecule has 0 spiro atoms. The zero-order chi connectivity index (χ0) is 10.7. The zero-order valence-corrected chi connectivity index (χ0v) is 7.90. The molecular weight excluding hydrogens is 192 g/mol. The third-order valence-electron chi connectivity index (χ3n) is 2.15. The average Bonchev–Trinajstić information content (AvgIpc) is 2.69. The molecule has 0 saturated carbocycles. The number of hydrogen-bond donors (Lipinski definition) is 3. The van der Waals surface area contributed by atoms with Crippen molar-refractivity contribution in [2.24, 2.45) is 0 Å². The molecule has 1 aromatic carbocycles. The maximum Gasteiger partial charge on any atom is 0.267 e. The van der Waals surface area contributed by atoms with Gasteiger partial charge in [-0.05, 0) is 17.7 Å². The van der Waals surface area contributed by atoms with Crippen LogP contribution >= 0.6 is 0 Å². The summed E-state index contributed by atoms with van der Waals surface area (Å²) in [6, 6.07) is 7.79. The van der Waals surface area contributed by atoms with Gasteiger partial charge in [-0.25, -0.2) is 5.48 Å². The highest BCUT2D eigenvalue weighted by atomic mass is 16.5. The van der Waals surface area contributed by atoms with Gasteiger partial charge in [0, 0.05) is 23.2 Å². The van der Waals surface area contributed by atoms with Gasteiger partial charge in [-0.3, -0.25) is 10.0 Å². The van der Waals surface area contributed by atoms with E-state index in [2.05, 4.69) is 4.98 Å². The molecule has 0 unspecified atom stereocenters. The molecule has 4 nitrogen and oxygen atoms in total. The van der Waals surface area contributed by atoms with Crippen LogP contribution in [0.3, 0.4) is 0 Å². The molecule has 0 aliphatic heterocycles. The Hall–Kier alpha value is -2.07. The van der Waals surface area contributed by atoms with Gasteiger partial charge in [0.25, 0.3) is 5.91 Å². The van der Waals surface area contributed by atoms with E-state index in [1.54, 1.807) is 6.08 Å². The van der Waals surface area contributed by atoms with Gasteiger partial charge in [0.05, 0.1) is 0 Å². The average molecular weight is 202 g/mol. The molecule has 76 valence electrons. The van der Waals surface area contributed by atoms with Gasteiger partial charge in [0.2, 0.25) is 0 Å². The highest BCUT2D eigenvalue weighted by Gasteiger charge is 1.99. The third kappa shape index (κ3) is 1.89. The van der Waals surface area contributed by atoms with Gasteiger partial charge < -0.3 is 4.98 Å². The first-order valence-corrected chi connectivity index (χ1v) is 4.49. The summed E-state index contributed by atoms with van der Waals surface area (Å²) in [4.78, 5) is 13.9. The lowest BCUT2D eigenvalue weighted by Gasteiger charge is -1.91. The largest absolute Gasteiger partial charge is 0.361 e. The minimum atomic E-state index is -0.541. The second-order valence-electron chi connectivity index (χ2n) is 3.10. The van der Waals surface area contributed by atoms with Crippen LogP contribution in [0.4, 0.5) is 0 Å². The van der Waals surface area contributed by atoms with E-state index >= 15 is 0 Å². The van der Waals surface area contributed by atoms with Crippen molar-refractivity contribution in [1.29, 1.82) is 0 Å². The summed E-state index contributed by atoms with van der Waals surface area (Å²) >= 11 is 0. The number of nitrogens with one attached hydrogen (secondary N) is 2. The highest BCUT2D eigenvalue weighted by molar-refractivity contribution is 5.95. The number of H-pyrrole nitrogens is 1. The smallest absolute Gasteiger partial charge is 0.267 e. The van der Waals surface area contributed by atoms with Crippen LogP contribution in [-0.4, -0.2) is 16.1 Å². The molecule has 2 rings (SSSR count). The molecule has 2 aromatic rings. The Morgan fingerprint density at radius 1 is 1.40 bits per heavy atom. The van der Waals surface area contributed by atoms with Crippen LogP contribution < -0.4 is 5.48 Å². The Morgan fingerprint density at radius 2 is 2.20 bits per heavy atom. The van der Waals surface area contributed by atoms with Crippen LogP contribution in [0.2, 0.25) is 0 Å². The van der Waals surface area contributed by atoms with E-state index in [9.17, 15) is 4.79 Å². The van der Waals surface area contributed by atoms with Crippen molar-refractivity contribution >= 4 is 22.9 Å². The molecule has 0 fully saturated rings. The first-order chi connectivity index (χ1) is 7.31. The van der Waals surface area contributed by atoms with E-state index in [0.717, 1.165) is 16.5 Å². The number of hydroxylamine groups is 1. The van der Waals surface area contributed by atoms with Crippen molar-refractivity contribution < 1.29 is 10.0 Å². The van der Waals surface area contributed by atoms with Crippen LogP contribution in [0, 0.1) is 0 Å². The number of amides is 1. The lowest BCUT2D eigenvalue weighted by molar-refractivity contribution is -0.124. The fraction of sp³-hybridized carbons (Fsp3) is 0. The van der Waals surface area contributed by atoms with Crippen LogP contribution in [0.15, 0.2) is 36.5 Å². The van der Waals surface area contributed by atoms with Crippen molar-refractivity contribution in [2.45, 2.75) is 0 Å². The van der Waals surface area contributed by atoms with Gasteiger partial charge in [-0.2, -0.15) is 0 Å². The summed E-state index contributed by atoms with van der Waals surface area (Å²) in [5.74, 6) is -0.541. The van der Waals surface area contributed by atoms with Crippen molar-refractivity contribution in [3.05, 3.63) is 42.1 Å². The predicted molar refractivity (Wildman–Crippen MR) is 57.3 cm³/mol. The number of aromatic nitrogens is 1. The number of rotatable bonds is 2. The molecule has 4 heteroatoms. The maximum atomic E-state index is 10.8. The molecule has 0 bridgehead atoms. The molecule has 0 aliphatic carbocycles. The van der Waals surface area contributed by atoms with Crippen molar-refractivity contribution in [3.8, 4) is 0 Å².